The SMILES string of the molecule is O=S(=O)(C1=NC2[C@@H](F)C[C@@H](c3ccccc3)N2N1)C1COC1. The van der Waals surface area contributed by atoms with Crippen molar-refractivity contribution in [3.63, 3.8) is 0 Å². The van der Waals surface area contributed by atoms with E-state index in [1.807, 2.05) is 30.3 Å². The van der Waals surface area contributed by atoms with E-state index in [4.69, 9.17) is 4.74 Å². The third-order valence-corrected chi connectivity index (χ3v) is 6.25. The Morgan fingerprint density at radius 2 is 2.00 bits per heavy atom. The fourth-order valence-corrected chi connectivity index (χ4v) is 4.37. The zero-order valence-electron chi connectivity index (χ0n) is 11.7. The number of nitrogens with zero attached hydrogens (tertiary/aromatic N) is 2. The Kier molecular flexibility index (Phi) is 3.21. The number of benzene rings is 1. The first-order valence-electron chi connectivity index (χ1n) is 7.21. The molecule has 2 saturated heterocycles. The zero-order chi connectivity index (χ0) is 15.3. The van der Waals surface area contributed by atoms with E-state index in [2.05, 4.69) is 10.4 Å². The van der Waals surface area contributed by atoms with Crippen LogP contribution in [0.25, 0.3) is 0 Å². The lowest BCUT2D eigenvalue weighted by atomic mass is 10.1. The third-order valence-electron chi connectivity index (χ3n) is 4.37. The molecule has 1 aromatic carbocycles. The average Bonchev–Trinajstić information content (AvgIpc) is 2.99. The second-order valence-corrected chi connectivity index (χ2v) is 7.89. The fraction of sp³-hybridized carbons (Fsp3) is 0.500. The Balaban J connectivity index is 1.61. The van der Waals surface area contributed by atoms with Gasteiger partial charge in [-0.25, -0.2) is 17.8 Å². The zero-order valence-corrected chi connectivity index (χ0v) is 12.5. The molecule has 0 saturated carbocycles. The highest BCUT2D eigenvalue weighted by Crippen LogP contribution is 2.39. The molecule has 0 amide bonds. The summed E-state index contributed by atoms with van der Waals surface area (Å²) in [6, 6.07) is 9.26. The van der Waals surface area contributed by atoms with Crippen molar-refractivity contribution in [3.8, 4) is 0 Å². The van der Waals surface area contributed by atoms with Gasteiger partial charge in [0.2, 0.25) is 15.0 Å². The average molecular weight is 325 g/mol. The van der Waals surface area contributed by atoms with Crippen LogP contribution in [-0.4, -0.2) is 49.4 Å². The molecule has 1 aromatic rings. The number of ether oxygens (including phenoxy) is 1. The normalized spacial score (nSPS) is 32.2. The van der Waals surface area contributed by atoms with Crippen LogP contribution in [0.3, 0.4) is 0 Å². The summed E-state index contributed by atoms with van der Waals surface area (Å²) in [7, 11) is -3.57. The highest BCUT2D eigenvalue weighted by atomic mass is 32.2. The topological polar surface area (TPSA) is 71.0 Å². The maximum Gasteiger partial charge on any atom is 0.233 e. The third kappa shape index (κ3) is 2.05. The summed E-state index contributed by atoms with van der Waals surface area (Å²) in [5.74, 6) is 0. The minimum absolute atomic E-state index is 0.130. The van der Waals surface area contributed by atoms with E-state index in [-0.39, 0.29) is 24.4 Å². The highest BCUT2D eigenvalue weighted by Gasteiger charge is 2.50. The largest absolute Gasteiger partial charge is 0.379 e. The van der Waals surface area contributed by atoms with E-state index in [1.54, 1.807) is 5.01 Å². The molecule has 22 heavy (non-hydrogen) atoms. The first-order chi connectivity index (χ1) is 10.6. The summed E-state index contributed by atoms with van der Waals surface area (Å²) in [5.41, 5.74) is 3.77. The second-order valence-electron chi connectivity index (χ2n) is 5.75. The summed E-state index contributed by atoms with van der Waals surface area (Å²) >= 11 is 0. The van der Waals surface area contributed by atoms with Crippen LogP contribution >= 0.6 is 0 Å². The van der Waals surface area contributed by atoms with Crippen molar-refractivity contribution in [2.45, 2.75) is 30.1 Å². The van der Waals surface area contributed by atoms with Crippen LogP contribution in [-0.2, 0) is 14.6 Å². The maximum atomic E-state index is 14.3. The van der Waals surface area contributed by atoms with Gasteiger partial charge in [-0.15, -0.1) is 0 Å². The van der Waals surface area contributed by atoms with Gasteiger partial charge in [-0.05, 0) is 5.56 Å². The number of alkyl halides is 1. The van der Waals surface area contributed by atoms with Crippen LogP contribution in [0.2, 0.25) is 0 Å². The van der Waals surface area contributed by atoms with Gasteiger partial charge in [-0.2, -0.15) is 5.01 Å². The summed E-state index contributed by atoms with van der Waals surface area (Å²) in [6.45, 7) is 0.351. The van der Waals surface area contributed by atoms with Gasteiger partial charge in [0.1, 0.15) is 11.4 Å². The smallest absolute Gasteiger partial charge is 0.233 e. The minimum atomic E-state index is -3.57. The Morgan fingerprint density at radius 1 is 1.27 bits per heavy atom. The Hall–Kier alpha value is -1.51. The van der Waals surface area contributed by atoms with Gasteiger partial charge in [-0.1, -0.05) is 30.3 Å². The van der Waals surface area contributed by atoms with Crippen molar-refractivity contribution in [1.82, 2.24) is 10.4 Å². The molecule has 3 aliphatic rings. The van der Waals surface area contributed by atoms with Crippen molar-refractivity contribution in [1.29, 1.82) is 0 Å². The predicted octanol–water partition coefficient (Wildman–Crippen LogP) is 0.785. The molecule has 6 nitrogen and oxygen atoms in total. The van der Waals surface area contributed by atoms with Crippen LogP contribution in [0.1, 0.15) is 18.0 Å². The van der Waals surface area contributed by atoms with Crippen LogP contribution < -0.4 is 5.43 Å². The molecule has 0 aliphatic carbocycles. The molecule has 8 heteroatoms. The number of sulfone groups is 1. The predicted molar refractivity (Wildman–Crippen MR) is 78.4 cm³/mol. The summed E-state index contributed by atoms with van der Waals surface area (Å²) < 4.78 is 43.9. The van der Waals surface area contributed by atoms with Crippen molar-refractivity contribution >= 4 is 15.0 Å². The van der Waals surface area contributed by atoms with E-state index in [9.17, 15) is 12.8 Å². The molecule has 1 N–H and O–H groups in total. The minimum Gasteiger partial charge on any atom is -0.379 e. The van der Waals surface area contributed by atoms with Gasteiger partial charge in [0.25, 0.3) is 0 Å². The standard InChI is InChI=1S/C14H16FN3O3S/c15-11-6-12(9-4-2-1-3-5-9)18-13(11)16-14(17-18)22(19,20)10-7-21-8-10/h1-5,10-13H,6-8H2,(H,16,17)/t11-,12-,13?/m0/s1. The Morgan fingerprint density at radius 3 is 2.64 bits per heavy atom. The van der Waals surface area contributed by atoms with E-state index in [0.717, 1.165) is 5.56 Å². The number of hydrogen-bond donors (Lipinski definition) is 1. The molecule has 0 radical (unpaired) electrons. The van der Waals surface area contributed by atoms with Crippen LogP contribution in [0.5, 0.6) is 0 Å². The number of amidine groups is 1. The molecule has 0 bridgehead atoms. The number of nitrogens with one attached hydrogen (secondary N) is 1. The fourth-order valence-electron chi connectivity index (χ4n) is 3.01. The number of hydrazine groups is 1. The van der Waals surface area contributed by atoms with Crippen molar-refractivity contribution in [2.75, 3.05) is 13.2 Å². The van der Waals surface area contributed by atoms with E-state index in [0.29, 0.717) is 6.42 Å². The first kappa shape index (κ1) is 14.1. The van der Waals surface area contributed by atoms with Crippen molar-refractivity contribution in [3.05, 3.63) is 35.9 Å². The van der Waals surface area contributed by atoms with Crippen LogP contribution in [0, 0.1) is 0 Å². The van der Waals surface area contributed by atoms with E-state index >= 15 is 0 Å². The van der Waals surface area contributed by atoms with Gasteiger partial charge in [0, 0.05) is 6.42 Å². The lowest BCUT2D eigenvalue weighted by Crippen LogP contribution is -2.49. The molecule has 118 valence electrons. The first-order valence-corrected chi connectivity index (χ1v) is 8.75. The Bertz CT molecular complexity index is 705. The van der Waals surface area contributed by atoms with Crippen LogP contribution in [0.15, 0.2) is 35.3 Å². The van der Waals surface area contributed by atoms with Gasteiger partial charge in [0.15, 0.2) is 6.17 Å². The lowest BCUT2D eigenvalue weighted by molar-refractivity contribution is 0.0422. The molecule has 4 rings (SSSR count). The monoisotopic (exact) mass is 325 g/mol. The molecular weight excluding hydrogens is 309 g/mol. The summed E-state index contributed by atoms with van der Waals surface area (Å²) in [4.78, 5) is 4.09. The lowest BCUT2D eigenvalue weighted by Gasteiger charge is -2.27. The molecule has 3 aliphatic heterocycles. The molecule has 3 heterocycles. The van der Waals surface area contributed by atoms with Gasteiger partial charge in [-0.3, -0.25) is 5.43 Å². The maximum absolute atomic E-state index is 14.3. The van der Waals surface area contributed by atoms with Gasteiger partial charge < -0.3 is 4.74 Å². The number of halogens is 1. The van der Waals surface area contributed by atoms with E-state index in [1.165, 1.54) is 0 Å². The quantitative estimate of drug-likeness (QED) is 0.870. The summed E-state index contributed by atoms with van der Waals surface area (Å²) in [6.07, 6.45) is -1.68. The van der Waals surface area contributed by atoms with Crippen LogP contribution in [0.4, 0.5) is 4.39 Å². The number of fused-ring (bicyclic) bond motifs is 1. The van der Waals surface area contributed by atoms with Crippen molar-refractivity contribution in [2.24, 2.45) is 4.99 Å². The van der Waals surface area contributed by atoms with Gasteiger partial charge >= 0.3 is 0 Å². The molecule has 2 fully saturated rings. The number of rotatable bonds is 2. The highest BCUT2D eigenvalue weighted by molar-refractivity contribution is 8.06. The second kappa shape index (κ2) is 5.00. The van der Waals surface area contributed by atoms with Gasteiger partial charge in [0.05, 0.1) is 19.3 Å². The number of hydrogen-bond acceptors (Lipinski definition) is 6. The Labute approximate surface area is 127 Å². The molecule has 1 unspecified atom stereocenters. The number of aliphatic imine (C=N–C) groups is 1. The molecule has 0 spiro atoms. The summed E-state index contributed by atoms with van der Waals surface area (Å²) in [5, 5.41) is 0.910. The van der Waals surface area contributed by atoms with E-state index < -0.39 is 27.4 Å². The van der Waals surface area contributed by atoms with Crippen molar-refractivity contribution < 1.29 is 17.5 Å². The molecule has 0 aromatic heterocycles. The molecular formula is C14H16FN3O3S. The molecule has 3 atom stereocenters.